The molecule has 27 heavy (non-hydrogen) atoms. The Bertz CT molecular complexity index is 973. The molecule has 1 aliphatic heterocycles. The van der Waals surface area contributed by atoms with Crippen molar-refractivity contribution < 1.29 is 19.4 Å². The SMILES string of the molecule is NC(=O)NCc1nc(C(O)c2ccccc2)nn1-c1ccc2c(c1)OCO2. The summed E-state index contributed by atoms with van der Waals surface area (Å²) in [6, 6.07) is 13.7. The van der Waals surface area contributed by atoms with Crippen LogP contribution in [0, 0.1) is 0 Å². The van der Waals surface area contributed by atoms with Crippen LogP contribution in [0.15, 0.2) is 48.5 Å². The van der Waals surface area contributed by atoms with Gasteiger partial charge >= 0.3 is 6.03 Å². The summed E-state index contributed by atoms with van der Waals surface area (Å²) in [6.07, 6.45) is -1.01. The molecule has 1 unspecified atom stereocenters. The normalized spacial score (nSPS) is 13.4. The van der Waals surface area contributed by atoms with Crippen LogP contribution < -0.4 is 20.5 Å². The monoisotopic (exact) mass is 367 g/mol. The average molecular weight is 367 g/mol. The Kier molecular flexibility index (Phi) is 4.35. The van der Waals surface area contributed by atoms with Gasteiger partial charge in [0.15, 0.2) is 23.1 Å². The number of aliphatic hydroxyl groups excluding tert-OH is 1. The van der Waals surface area contributed by atoms with Gasteiger partial charge in [-0.05, 0) is 17.7 Å². The quantitative estimate of drug-likeness (QED) is 0.623. The number of nitrogens with one attached hydrogen (secondary N) is 1. The molecule has 0 spiro atoms. The van der Waals surface area contributed by atoms with Crippen LogP contribution in [0.25, 0.3) is 5.69 Å². The standard InChI is InChI=1S/C18H17N5O4/c19-18(25)20-9-15-21-17(16(24)11-4-2-1-3-5-11)22-23(15)12-6-7-13-14(8-12)27-10-26-13/h1-8,16,24H,9-10H2,(H3,19,20,25). The van der Waals surface area contributed by atoms with Crippen molar-refractivity contribution in [3.63, 3.8) is 0 Å². The van der Waals surface area contributed by atoms with Crippen LogP contribution in [0.1, 0.15) is 23.3 Å². The van der Waals surface area contributed by atoms with Gasteiger partial charge in [0.25, 0.3) is 0 Å². The molecular formula is C18H17N5O4. The molecule has 2 aromatic carbocycles. The van der Waals surface area contributed by atoms with Gasteiger partial charge in [0.05, 0.1) is 12.2 Å². The molecule has 2 amide bonds. The number of nitrogens with two attached hydrogens (primary N) is 1. The van der Waals surface area contributed by atoms with Gasteiger partial charge in [-0.25, -0.2) is 14.5 Å². The average Bonchev–Trinajstić information content (AvgIpc) is 3.32. The second-order valence-corrected chi connectivity index (χ2v) is 5.87. The minimum absolute atomic E-state index is 0.0539. The van der Waals surface area contributed by atoms with E-state index in [2.05, 4.69) is 15.4 Å². The van der Waals surface area contributed by atoms with Crippen LogP contribution in [-0.2, 0) is 6.54 Å². The van der Waals surface area contributed by atoms with Crippen LogP contribution in [0.2, 0.25) is 0 Å². The fraction of sp³-hybridized carbons (Fsp3) is 0.167. The highest BCUT2D eigenvalue weighted by atomic mass is 16.7. The lowest BCUT2D eigenvalue weighted by atomic mass is 10.1. The van der Waals surface area contributed by atoms with E-state index in [4.69, 9.17) is 15.2 Å². The Balaban J connectivity index is 1.72. The third-order valence-corrected chi connectivity index (χ3v) is 4.07. The third kappa shape index (κ3) is 3.40. The van der Waals surface area contributed by atoms with E-state index in [1.807, 2.05) is 18.2 Å². The number of aliphatic hydroxyl groups is 1. The predicted octanol–water partition coefficient (Wildman–Crippen LogP) is 1.25. The van der Waals surface area contributed by atoms with Gasteiger partial charge in [0.1, 0.15) is 6.10 Å². The van der Waals surface area contributed by atoms with Crippen molar-refractivity contribution in [2.75, 3.05) is 6.79 Å². The van der Waals surface area contributed by atoms with Crippen molar-refractivity contribution in [3.8, 4) is 17.2 Å². The van der Waals surface area contributed by atoms with Gasteiger partial charge < -0.3 is 25.6 Å². The number of carbonyl (C=O) groups excluding carboxylic acids is 1. The van der Waals surface area contributed by atoms with Crippen LogP contribution in [0.4, 0.5) is 4.79 Å². The highest BCUT2D eigenvalue weighted by Gasteiger charge is 2.21. The molecule has 0 aliphatic carbocycles. The van der Waals surface area contributed by atoms with Crippen LogP contribution in [-0.4, -0.2) is 32.7 Å². The topological polar surface area (TPSA) is 125 Å². The molecule has 2 heterocycles. The summed E-state index contributed by atoms with van der Waals surface area (Å²) in [4.78, 5) is 15.5. The summed E-state index contributed by atoms with van der Waals surface area (Å²) in [5.74, 6) is 1.85. The van der Waals surface area contributed by atoms with Crippen molar-refractivity contribution in [2.24, 2.45) is 5.73 Å². The van der Waals surface area contributed by atoms with E-state index in [-0.39, 0.29) is 19.2 Å². The molecule has 4 rings (SSSR count). The molecule has 0 bridgehead atoms. The molecule has 0 radical (unpaired) electrons. The smallest absolute Gasteiger partial charge is 0.312 e. The second kappa shape index (κ2) is 6.96. The minimum atomic E-state index is -1.01. The largest absolute Gasteiger partial charge is 0.454 e. The Morgan fingerprint density at radius 2 is 2.00 bits per heavy atom. The minimum Gasteiger partial charge on any atom is -0.454 e. The molecular weight excluding hydrogens is 350 g/mol. The molecule has 3 aromatic rings. The Labute approximate surface area is 154 Å². The number of fused-ring (bicyclic) bond motifs is 1. The lowest BCUT2D eigenvalue weighted by molar-refractivity contribution is 0.174. The zero-order valence-electron chi connectivity index (χ0n) is 14.2. The van der Waals surface area contributed by atoms with Crippen molar-refractivity contribution in [1.82, 2.24) is 20.1 Å². The molecule has 0 fully saturated rings. The van der Waals surface area contributed by atoms with E-state index in [0.29, 0.717) is 28.6 Å². The highest BCUT2D eigenvalue weighted by molar-refractivity contribution is 5.71. The molecule has 4 N–H and O–H groups in total. The Hall–Kier alpha value is -3.59. The van der Waals surface area contributed by atoms with Gasteiger partial charge in [-0.15, -0.1) is 5.10 Å². The first kappa shape index (κ1) is 16.9. The van der Waals surface area contributed by atoms with Gasteiger partial charge in [-0.2, -0.15) is 0 Å². The maximum absolute atomic E-state index is 11.1. The number of amides is 2. The van der Waals surface area contributed by atoms with Crippen molar-refractivity contribution in [3.05, 3.63) is 65.7 Å². The Morgan fingerprint density at radius 3 is 2.78 bits per heavy atom. The molecule has 0 saturated heterocycles. The number of ether oxygens (including phenoxy) is 2. The van der Waals surface area contributed by atoms with Gasteiger partial charge in [-0.1, -0.05) is 30.3 Å². The molecule has 0 saturated carbocycles. The molecule has 9 nitrogen and oxygen atoms in total. The summed E-state index contributed by atoms with van der Waals surface area (Å²) >= 11 is 0. The lowest BCUT2D eigenvalue weighted by Crippen LogP contribution is -2.29. The summed E-state index contributed by atoms with van der Waals surface area (Å²) in [5.41, 5.74) is 6.48. The highest BCUT2D eigenvalue weighted by Crippen LogP contribution is 2.34. The van der Waals surface area contributed by atoms with E-state index in [0.717, 1.165) is 0 Å². The first-order valence-electron chi connectivity index (χ1n) is 8.24. The Morgan fingerprint density at radius 1 is 1.22 bits per heavy atom. The fourth-order valence-electron chi connectivity index (χ4n) is 2.77. The van der Waals surface area contributed by atoms with Crippen LogP contribution in [0.5, 0.6) is 11.5 Å². The van der Waals surface area contributed by atoms with E-state index in [1.54, 1.807) is 30.3 Å². The van der Waals surface area contributed by atoms with Crippen molar-refractivity contribution in [2.45, 2.75) is 12.6 Å². The number of rotatable bonds is 5. The number of aromatic nitrogens is 3. The second-order valence-electron chi connectivity index (χ2n) is 5.87. The van der Waals surface area contributed by atoms with Gasteiger partial charge in [0.2, 0.25) is 6.79 Å². The first-order chi connectivity index (χ1) is 13.1. The summed E-state index contributed by atoms with van der Waals surface area (Å²) in [7, 11) is 0. The molecule has 1 atom stereocenters. The third-order valence-electron chi connectivity index (χ3n) is 4.07. The van der Waals surface area contributed by atoms with Crippen LogP contribution in [0.3, 0.4) is 0 Å². The summed E-state index contributed by atoms with van der Waals surface area (Å²) < 4.78 is 12.2. The zero-order chi connectivity index (χ0) is 18.8. The maximum Gasteiger partial charge on any atom is 0.312 e. The van der Waals surface area contributed by atoms with Crippen LogP contribution >= 0.6 is 0 Å². The number of primary amides is 1. The first-order valence-corrected chi connectivity index (χ1v) is 8.24. The van der Waals surface area contributed by atoms with Crippen molar-refractivity contribution in [1.29, 1.82) is 0 Å². The van der Waals surface area contributed by atoms with E-state index in [9.17, 15) is 9.90 Å². The lowest BCUT2D eigenvalue weighted by Gasteiger charge is -2.07. The zero-order valence-corrected chi connectivity index (χ0v) is 14.2. The number of carbonyl (C=O) groups is 1. The number of benzene rings is 2. The van der Waals surface area contributed by atoms with Gasteiger partial charge in [-0.3, -0.25) is 0 Å². The predicted molar refractivity (Wildman–Crippen MR) is 94.4 cm³/mol. The molecule has 9 heteroatoms. The molecule has 1 aromatic heterocycles. The number of urea groups is 1. The van der Waals surface area contributed by atoms with Gasteiger partial charge in [0, 0.05) is 6.07 Å². The number of hydrogen-bond acceptors (Lipinski definition) is 6. The van der Waals surface area contributed by atoms with E-state index < -0.39 is 12.1 Å². The summed E-state index contributed by atoms with van der Waals surface area (Å²) in [5, 5.41) is 17.5. The van der Waals surface area contributed by atoms with Crippen molar-refractivity contribution >= 4 is 6.03 Å². The fourth-order valence-corrected chi connectivity index (χ4v) is 2.77. The van der Waals surface area contributed by atoms with E-state index in [1.165, 1.54) is 4.68 Å². The summed E-state index contributed by atoms with van der Waals surface area (Å²) in [6.45, 7) is 0.211. The maximum atomic E-state index is 11.1. The molecule has 138 valence electrons. The van der Waals surface area contributed by atoms with E-state index >= 15 is 0 Å². The number of nitrogens with zero attached hydrogens (tertiary/aromatic N) is 3. The molecule has 1 aliphatic rings. The number of hydrogen-bond donors (Lipinski definition) is 3.